The van der Waals surface area contributed by atoms with Crippen LogP contribution < -0.4 is 5.32 Å². The zero-order valence-electron chi connectivity index (χ0n) is 14.3. The van der Waals surface area contributed by atoms with Gasteiger partial charge in [0.2, 0.25) is 0 Å². The highest BCUT2D eigenvalue weighted by atomic mass is 32.2. The molecule has 1 saturated carbocycles. The molecule has 1 N–H and O–H groups in total. The first-order valence-corrected chi connectivity index (χ1v) is 9.98. The number of hydrogen-bond donors (Lipinski definition) is 1. The first kappa shape index (κ1) is 17.5. The second kappa shape index (κ2) is 7.70. The van der Waals surface area contributed by atoms with Crippen LogP contribution in [0.25, 0.3) is 0 Å². The lowest BCUT2D eigenvalue weighted by Gasteiger charge is -2.43. The van der Waals surface area contributed by atoms with Gasteiger partial charge in [0.1, 0.15) is 0 Å². The van der Waals surface area contributed by atoms with Gasteiger partial charge in [0.25, 0.3) is 5.91 Å². The molecular weight excluding hydrogens is 320 g/mol. The topological polar surface area (TPSA) is 49.4 Å². The summed E-state index contributed by atoms with van der Waals surface area (Å²) in [6.45, 7) is 4.53. The normalized spacial score (nSPS) is 20.7. The maximum absolute atomic E-state index is 12.5. The second-order valence-corrected chi connectivity index (χ2v) is 8.07. The smallest absolute Gasteiger partial charge is 0.251 e. The fraction of sp³-hybridized carbons (Fsp3) is 0.579. The summed E-state index contributed by atoms with van der Waals surface area (Å²) >= 11 is 2.02. The number of Topliss-reactive ketones (excluding diaryl/α,β-unsaturated/α-hetero) is 1. The molecule has 1 amide bonds. The summed E-state index contributed by atoms with van der Waals surface area (Å²) in [5.41, 5.74) is 1.42. The average Bonchev–Trinajstić information content (AvgIpc) is 3.11. The Morgan fingerprint density at radius 1 is 1.08 bits per heavy atom. The minimum Gasteiger partial charge on any atom is -0.350 e. The number of benzene rings is 1. The Morgan fingerprint density at radius 2 is 1.67 bits per heavy atom. The lowest BCUT2D eigenvalue weighted by Crippen LogP contribution is -2.56. The zero-order chi connectivity index (χ0) is 17.0. The summed E-state index contributed by atoms with van der Waals surface area (Å²) in [6.07, 6.45) is 4.88. The number of ketones is 1. The fourth-order valence-electron chi connectivity index (χ4n) is 3.88. The number of hydrogen-bond acceptors (Lipinski definition) is 4. The molecule has 0 atom stereocenters. The van der Waals surface area contributed by atoms with E-state index in [4.69, 9.17) is 0 Å². The highest BCUT2D eigenvalue weighted by Crippen LogP contribution is 2.36. The van der Waals surface area contributed by atoms with Crippen LogP contribution in [0.15, 0.2) is 24.3 Å². The van der Waals surface area contributed by atoms with E-state index in [1.54, 1.807) is 24.3 Å². The molecule has 2 fully saturated rings. The van der Waals surface area contributed by atoms with E-state index in [2.05, 4.69) is 10.2 Å². The summed E-state index contributed by atoms with van der Waals surface area (Å²) < 4.78 is 0. The number of amides is 1. The van der Waals surface area contributed by atoms with Crippen LogP contribution in [0.5, 0.6) is 0 Å². The van der Waals surface area contributed by atoms with Crippen molar-refractivity contribution in [3.63, 3.8) is 0 Å². The number of rotatable bonds is 5. The second-order valence-electron chi connectivity index (χ2n) is 6.85. The van der Waals surface area contributed by atoms with Crippen LogP contribution in [-0.2, 0) is 0 Å². The lowest BCUT2D eigenvalue weighted by atomic mass is 9.94. The predicted molar refractivity (Wildman–Crippen MR) is 98.9 cm³/mol. The van der Waals surface area contributed by atoms with E-state index < -0.39 is 0 Å². The maximum Gasteiger partial charge on any atom is 0.251 e. The van der Waals surface area contributed by atoms with E-state index in [1.807, 2.05) is 11.8 Å². The molecule has 0 spiro atoms. The molecule has 130 valence electrons. The largest absolute Gasteiger partial charge is 0.350 e. The van der Waals surface area contributed by atoms with Gasteiger partial charge in [-0.3, -0.25) is 14.5 Å². The third kappa shape index (κ3) is 3.83. The molecule has 0 unspecified atom stereocenters. The minimum atomic E-state index is -0.0391. The molecule has 0 bridgehead atoms. The van der Waals surface area contributed by atoms with Crippen LogP contribution in [0.4, 0.5) is 0 Å². The van der Waals surface area contributed by atoms with E-state index in [0.29, 0.717) is 11.1 Å². The maximum atomic E-state index is 12.5. The van der Waals surface area contributed by atoms with Crippen molar-refractivity contribution in [2.24, 2.45) is 0 Å². The SMILES string of the molecule is CC(=O)c1ccc(C(=O)NCC2(N3CCSCC3)CCCC2)cc1. The Balaban J connectivity index is 1.63. The Bertz CT molecular complexity index is 588. The van der Waals surface area contributed by atoms with Crippen molar-refractivity contribution in [1.29, 1.82) is 0 Å². The zero-order valence-corrected chi connectivity index (χ0v) is 15.2. The Hall–Kier alpha value is -1.33. The molecule has 1 saturated heterocycles. The van der Waals surface area contributed by atoms with E-state index in [9.17, 15) is 9.59 Å². The molecule has 3 rings (SSSR count). The fourth-order valence-corrected chi connectivity index (χ4v) is 4.78. The van der Waals surface area contributed by atoms with Crippen LogP contribution in [0.3, 0.4) is 0 Å². The van der Waals surface area contributed by atoms with Crippen LogP contribution >= 0.6 is 11.8 Å². The number of nitrogens with one attached hydrogen (secondary N) is 1. The molecule has 1 aromatic rings. The number of carbonyl (C=O) groups excluding carboxylic acids is 2. The molecule has 0 radical (unpaired) electrons. The van der Waals surface area contributed by atoms with Crippen molar-refractivity contribution in [2.75, 3.05) is 31.1 Å². The minimum absolute atomic E-state index is 0.0230. The first-order chi connectivity index (χ1) is 11.6. The van der Waals surface area contributed by atoms with E-state index in [1.165, 1.54) is 44.1 Å². The Morgan fingerprint density at radius 3 is 2.25 bits per heavy atom. The van der Waals surface area contributed by atoms with Crippen LogP contribution in [0.2, 0.25) is 0 Å². The van der Waals surface area contributed by atoms with Gasteiger partial charge in [-0.1, -0.05) is 25.0 Å². The molecule has 1 aliphatic carbocycles. The van der Waals surface area contributed by atoms with Gasteiger partial charge in [-0.2, -0.15) is 11.8 Å². The van der Waals surface area contributed by atoms with Gasteiger partial charge in [0.15, 0.2) is 5.78 Å². The monoisotopic (exact) mass is 346 g/mol. The van der Waals surface area contributed by atoms with Gasteiger partial charge in [0, 0.05) is 47.8 Å². The summed E-state index contributed by atoms with van der Waals surface area (Å²) in [5.74, 6) is 2.38. The Kier molecular flexibility index (Phi) is 5.61. The van der Waals surface area contributed by atoms with Crippen molar-refractivity contribution in [3.05, 3.63) is 35.4 Å². The van der Waals surface area contributed by atoms with Gasteiger partial charge in [-0.05, 0) is 31.9 Å². The first-order valence-electron chi connectivity index (χ1n) is 8.83. The van der Waals surface area contributed by atoms with Crippen molar-refractivity contribution in [2.45, 2.75) is 38.1 Å². The van der Waals surface area contributed by atoms with E-state index >= 15 is 0 Å². The van der Waals surface area contributed by atoms with Gasteiger partial charge in [0.05, 0.1) is 0 Å². The molecule has 0 aromatic heterocycles. The molecule has 5 heteroatoms. The van der Waals surface area contributed by atoms with Crippen molar-refractivity contribution < 1.29 is 9.59 Å². The van der Waals surface area contributed by atoms with Gasteiger partial charge >= 0.3 is 0 Å². The van der Waals surface area contributed by atoms with Crippen LogP contribution in [0.1, 0.15) is 53.3 Å². The summed E-state index contributed by atoms with van der Waals surface area (Å²) in [6, 6.07) is 6.94. The van der Waals surface area contributed by atoms with Gasteiger partial charge in [-0.25, -0.2) is 0 Å². The van der Waals surface area contributed by atoms with Crippen LogP contribution in [0, 0.1) is 0 Å². The molecule has 1 heterocycles. The van der Waals surface area contributed by atoms with Gasteiger partial charge in [-0.15, -0.1) is 0 Å². The Labute approximate surface area is 148 Å². The summed E-state index contributed by atoms with van der Waals surface area (Å²) in [4.78, 5) is 26.4. The third-order valence-corrected chi connectivity index (χ3v) is 6.29. The van der Waals surface area contributed by atoms with Crippen molar-refractivity contribution in [1.82, 2.24) is 10.2 Å². The quantitative estimate of drug-likeness (QED) is 0.833. The van der Waals surface area contributed by atoms with Crippen molar-refractivity contribution >= 4 is 23.5 Å². The summed E-state index contributed by atoms with van der Waals surface area (Å²) in [7, 11) is 0. The molecule has 2 aliphatic rings. The van der Waals surface area contributed by atoms with E-state index in [-0.39, 0.29) is 17.2 Å². The van der Waals surface area contributed by atoms with Gasteiger partial charge < -0.3 is 5.32 Å². The highest BCUT2D eigenvalue weighted by molar-refractivity contribution is 7.99. The molecular formula is C19H26N2O2S. The molecule has 1 aliphatic heterocycles. The lowest BCUT2D eigenvalue weighted by molar-refractivity contribution is 0.0817. The number of thioether (sulfide) groups is 1. The summed E-state index contributed by atoms with van der Waals surface area (Å²) in [5, 5.41) is 3.16. The van der Waals surface area contributed by atoms with E-state index in [0.717, 1.165) is 19.6 Å². The average molecular weight is 346 g/mol. The molecule has 24 heavy (non-hydrogen) atoms. The molecule has 4 nitrogen and oxygen atoms in total. The standard InChI is InChI=1S/C19H26N2O2S/c1-15(22)16-4-6-17(7-5-16)18(23)20-14-19(8-2-3-9-19)21-10-12-24-13-11-21/h4-7H,2-3,8-14H2,1H3,(H,20,23). The van der Waals surface area contributed by atoms with Crippen molar-refractivity contribution in [3.8, 4) is 0 Å². The number of carbonyl (C=O) groups is 2. The molecule has 1 aromatic carbocycles. The number of nitrogens with zero attached hydrogens (tertiary/aromatic N) is 1. The van der Waals surface area contributed by atoms with Crippen LogP contribution in [-0.4, -0.2) is 53.3 Å². The third-order valence-electron chi connectivity index (χ3n) is 5.35. The predicted octanol–water partition coefficient (Wildman–Crippen LogP) is 2.98. The highest BCUT2D eigenvalue weighted by Gasteiger charge is 2.40.